The van der Waals surface area contributed by atoms with E-state index in [0.29, 0.717) is 15.6 Å². The molecular weight excluding hydrogens is 302 g/mol. The number of hydrogen-bond acceptors (Lipinski definition) is 1. The van der Waals surface area contributed by atoms with Gasteiger partial charge in [0.25, 0.3) is 0 Å². The number of hydrogen-bond donors (Lipinski definition) is 1. The van der Waals surface area contributed by atoms with Crippen LogP contribution in [0.4, 0.5) is 8.78 Å². The van der Waals surface area contributed by atoms with Crippen molar-refractivity contribution in [2.75, 3.05) is 0 Å². The van der Waals surface area contributed by atoms with Crippen molar-refractivity contribution in [1.82, 2.24) is 0 Å². The largest absolute Gasteiger partial charge is 0.388 e. The molecule has 1 unspecified atom stereocenters. The van der Waals surface area contributed by atoms with Crippen molar-refractivity contribution >= 4 is 15.9 Å². The average Bonchev–Trinajstić information content (AvgIpc) is 2.33. The Morgan fingerprint density at radius 2 is 1.72 bits per heavy atom. The molecule has 0 amide bonds. The van der Waals surface area contributed by atoms with Crippen LogP contribution in [0, 0.1) is 11.6 Å². The Morgan fingerprint density at radius 1 is 1.06 bits per heavy atom. The third kappa shape index (κ3) is 3.15. The molecule has 4 heteroatoms. The van der Waals surface area contributed by atoms with Gasteiger partial charge in [-0.15, -0.1) is 0 Å². The molecule has 0 heterocycles. The fourth-order valence-corrected chi connectivity index (χ4v) is 2.03. The Bertz CT molecular complexity index is 540. The zero-order valence-electron chi connectivity index (χ0n) is 9.41. The molecule has 2 aromatic rings. The fraction of sp³-hybridized carbons (Fsp3) is 0.143. The molecule has 0 saturated carbocycles. The Morgan fingerprint density at radius 3 is 2.33 bits per heavy atom. The first-order chi connectivity index (χ1) is 8.56. The minimum absolute atomic E-state index is 0.157. The van der Waals surface area contributed by atoms with Gasteiger partial charge in [0.1, 0.15) is 11.6 Å². The molecule has 0 fully saturated rings. The van der Waals surface area contributed by atoms with E-state index in [9.17, 15) is 13.9 Å². The van der Waals surface area contributed by atoms with E-state index in [0.717, 1.165) is 0 Å². The van der Waals surface area contributed by atoms with Crippen LogP contribution in [-0.2, 0) is 6.42 Å². The maximum Gasteiger partial charge on any atom is 0.127 e. The Labute approximate surface area is 112 Å². The molecule has 2 rings (SSSR count). The quantitative estimate of drug-likeness (QED) is 0.908. The summed E-state index contributed by atoms with van der Waals surface area (Å²) in [6.07, 6.45) is -0.689. The van der Waals surface area contributed by atoms with Gasteiger partial charge in [0.05, 0.1) is 6.10 Å². The lowest BCUT2D eigenvalue weighted by Gasteiger charge is -2.11. The van der Waals surface area contributed by atoms with Gasteiger partial charge in [-0.25, -0.2) is 8.78 Å². The number of halogens is 3. The molecular formula is C14H11BrF2O. The molecule has 94 valence electrons. The predicted octanol–water partition coefficient (Wildman–Crippen LogP) is 4.00. The molecule has 0 spiro atoms. The highest BCUT2D eigenvalue weighted by Crippen LogP contribution is 2.22. The summed E-state index contributed by atoms with van der Waals surface area (Å²) >= 11 is 3.17. The number of rotatable bonds is 3. The van der Waals surface area contributed by atoms with Crippen LogP contribution in [0.2, 0.25) is 0 Å². The van der Waals surface area contributed by atoms with Crippen LogP contribution in [0.3, 0.4) is 0 Å². The van der Waals surface area contributed by atoms with Crippen molar-refractivity contribution in [3.8, 4) is 0 Å². The molecule has 0 aliphatic rings. The molecule has 1 N–H and O–H groups in total. The third-order valence-corrected chi connectivity index (χ3v) is 3.18. The topological polar surface area (TPSA) is 20.2 Å². The second-order valence-electron chi connectivity index (χ2n) is 4.01. The Kier molecular flexibility index (Phi) is 4.09. The summed E-state index contributed by atoms with van der Waals surface area (Å²) in [6, 6.07) is 10.2. The van der Waals surface area contributed by atoms with Gasteiger partial charge >= 0.3 is 0 Å². The van der Waals surface area contributed by atoms with E-state index in [2.05, 4.69) is 15.9 Å². The van der Waals surface area contributed by atoms with E-state index < -0.39 is 6.10 Å². The summed E-state index contributed by atoms with van der Waals surface area (Å²) in [7, 11) is 0. The van der Waals surface area contributed by atoms with Gasteiger partial charge in [-0.05, 0) is 35.4 Å². The van der Waals surface area contributed by atoms with E-state index in [1.165, 1.54) is 30.3 Å². The van der Waals surface area contributed by atoms with E-state index in [-0.39, 0.29) is 18.1 Å². The SMILES string of the molecule is OC(Cc1ccc(Br)cc1F)c1ccc(F)cc1. The highest BCUT2D eigenvalue weighted by atomic mass is 79.9. The molecule has 0 bridgehead atoms. The molecule has 0 aromatic heterocycles. The Balaban J connectivity index is 2.15. The van der Waals surface area contributed by atoms with E-state index in [1.807, 2.05) is 0 Å². The second kappa shape index (κ2) is 5.59. The first kappa shape index (κ1) is 13.2. The van der Waals surface area contributed by atoms with Crippen molar-refractivity contribution < 1.29 is 13.9 Å². The summed E-state index contributed by atoms with van der Waals surface area (Å²) in [6.45, 7) is 0. The summed E-state index contributed by atoms with van der Waals surface area (Å²) in [4.78, 5) is 0. The van der Waals surface area contributed by atoms with Gasteiger partial charge in [0, 0.05) is 10.9 Å². The first-order valence-corrected chi connectivity index (χ1v) is 6.23. The summed E-state index contributed by atoms with van der Waals surface area (Å²) in [5.74, 6) is -0.730. The summed E-state index contributed by atoms with van der Waals surface area (Å²) in [5, 5.41) is 9.96. The van der Waals surface area contributed by atoms with E-state index >= 15 is 0 Å². The molecule has 0 saturated heterocycles. The van der Waals surface area contributed by atoms with Crippen molar-refractivity contribution in [3.05, 3.63) is 69.7 Å². The zero-order valence-corrected chi connectivity index (χ0v) is 11.0. The van der Waals surface area contributed by atoms with Crippen LogP contribution in [0.15, 0.2) is 46.9 Å². The van der Waals surface area contributed by atoms with Crippen LogP contribution >= 0.6 is 15.9 Å². The van der Waals surface area contributed by atoms with Crippen LogP contribution in [-0.4, -0.2) is 5.11 Å². The van der Waals surface area contributed by atoms with Crippen molar-refractivity contribution in [2.45, 2.75) is 12.5 Å². The van der Waals surface area contributed by atoms with Gasteiger partial charge in [0.2, 0.25) is 0 Å². The molecule has 0 aliphatic carbocycles. The summed E-state index contributed by atoms with van der Waals surface area (Å²) < 4.78 is 27.0. The lowest BCUT2D eigenvalue weighted by atomic mass is 10.0. The third-order valence-electron chi connectivity index (χ3n) is 2.68. The maximum atomic E-state index is 13.6. The van der Waals surface area contributed by atoms with Crippen molar-refractivity contribution in [2.24, 2.45) is 0 Å². The zero-order chi connectivity index (χ0) is 13.1. The van der Waals surface area contributed by atoms with Crippen LogP contribution < -0.4 is 0 Å². The average molecular weight is 313 g/mol. The molecule has 1 nitrogen and oxygen atoms in total. The van der Waals surface area contributed by atoms with Gasteiger partial charge in [-0.2, -0.15) is 0 Å². The molecule has 2 aromatic carbocycles. The summed E-state index contributed by atoms with van der Waals surface area (Å²) in [5.41, 5.74) is 0.994. The van der Waals surface area contributed by atoms with Gasteiger partial charge in [-0.3, -0.25) is 0 Å². The van der Waals surface area contributed by atoms with Crippen LogP contribution in [0.5, 0.6) is 0 Å². The van der Waals surface area contributed by atoms with Gasteiger partial charge in [0.15, 0.2) is 0 Å². The highest BCUT2D eigenvalue weighted by Gasteiger charge is 2.12. The number of aliphatic hydroxyl groups excluding tert-OH is 1. The molecule has 18 heavy (non-hydrogen) atoms. The smallest absolute Gasteiger partial charge is 0.127 e. The lowest BCUT2D eigenvalue weighted by molar-refractivity contribution is 0.177. The predicted molar refractivity (Wildman–Crippen MR) is 69.2 cm³/mol. The number of aliphatic hydroxyl groups is 1. The van der Waals surface area contributed by atoms with Crippen molar-refractivity contribution in [3.63, 3.8) is 0 Å². The number of benzene rings is 2. The standard InChI is InChI=1S/C14H11BrF2O/c15-11-4-1-10(13(17)8-11)7-14(18)9-2-5-12(16)6-3-9/h1-6,8,14,18H,7H2. The van der Waals surface area contributed by atoms with E-state index in [1.54, 1.807) is 12.1 Å². The normalized spacial score (nSPS) is 12.4. The Hall–Kier alpha value is -1.26. The molecule has 0 radical (unpaired) electrons. The van der Waals surface area contributed by atoms with Gasteiger partial charge in [-0.1, -0.05) is 34.1 Å². The lowest BCUT2D eigenvalue weighted by Crippen LogP contribution is -2.03. The highest BCUT2D eigenvalue weighted by molar-refractivity contribution is 9.10. The molecule has 0 aliphatic heterocycles. The first-order valence-electron chi connectivity index (χ1n) is 5.44. The van der Waals surface area contributed by atoms with E-state index in [4.69, 9.17) is 0 Å². The second-order valence-corrected chi connectivity index (χ2v) is 4.92. The maximum absolute atomic E-state index is 13.6. The van der Waals surface area contributed by atoms with Gasteiger partial charge < -0.3 is 5.11 Å². The minimum Gasteiger partial charge on any atom is -0.388 e. The van der Waals surface area contributed by atoms with Crippen LogP contribution in [0.1, 0.15) is 17.2 Å². The minimum atomic E-state index is -0.846. The van der Waals surface area contributed by atoms with Crippen molar-refractivity contribution in [1.29, 1.82) is 0 Å². The fourth-order valence-electron chi connectivity index (χ4n) is 1.70. The molecule has 1 atom stereocenters. The monoisotopic (exact) mass is 312 g/mol. The van der Waals surface area contributed by atoms with Crippen LogP contribution in [0.25, 0.3) is 0 Å².